The minimum absolute atomic E-state index is 0.153. The Hall–Kier alpha value is -1.64. The molecule has 0 aliphatic heterocycles. The van der Waals surface area contributed by atoms with E-state index in [1.54, 1.807) is 4.68 Å². The maximum Gasteiger partial charge on any atom is 0.0736 e. The Bertz CT molecular complexity index is 492. The number of hydrogen-bond donors (Lipinski definition) is 0. The summed E-state index contributed by atoms with van der Waals surface area (Å²) in [5.74, 6) is 0. The van der Waals surface area contributed by atoms with Crippen molar-refractivity contribution in [3.8, 4) is 11.3 Å². The number of aromatic nitrogens is 3. The fourth-order valence-electron chi connectivity index (χ4n) is 1.61. The van der Waals surface area contributed by atoms with E-state index in [0.717, 1.165) is 11.3 Å². The molecule has 2 aromatic rings. The van der Waals surface area contributed by atoms with Crippen LogP contribution < -0.4 is 0 Å². The van der Waals surface area contributed by atoms with Crippen LogP contribution in [0.15, 0.2) is 30.7 Å². The van der Waals surface area contributed by atoms with Gasteiger partial charge in [-0.25, -0.2) is 0 Å². The smallest absolute Gasteiger partial charge is 0.0736 e. The molecule has 0 spiro atoms. The van der Waals surface area contributed by atoms with Gasteiger partial charge in [0.15, 0.2) is 0 Å². The highest BCUT2D eigenvalue weighted by atomic mass is 15.2. The summed E-state index contributed by atoms with van der Waals surface area (Å²) in [6, 6.07) is 4.21. The summed E-state index contributed by atoms with van der Waals surface area (Å²) in [4.78, 5) is 4.38. The molecule has 0 aromatic carbocycles. The zero-order valence-electron chi connectivity index (χ0n) is 10.2. The first kappa shape index (κ1) is 10.9. The lowest BCUT2D eigenvalue weighted by molar-refractivity contribution is 0.589. The fraction of sp³-hybridized carbons (Fsp3) is 0.385. The molecule has 0 fully saturated rings. The number of nitrogens with zero attached hydrogens (tertiary/aromatic N) is 3. The van der Waals surface area contributed by atoms with Gasteiger partial charge in [-0.3, -0.25) is 9.67 Å². The Morgan fingerprint density at radius 3 is 2.56 bits per heavy atom. The van der Waals surface area contributed by atoms with E-state index in [-0.39, 0.29) is 5.41 Å². The van der Waals surface area contributed by atoms with Crippen molar-refractivity contribution in [2.45, 2.75) is 26.2 Å². The topological polar surface area (TPSA) is 30.7 Å². The summed E-state index contributed by atoms with van der Waals surface area (Å²) in [5.41, 5.74) is 3.50. The standard InChI is InChI=1S/C13H17N3/c1-13(2,3)11-5-6-14-12(7-11)10-8-15-16(4)9-10/h5-9H,1-4H3. The highest BCUT2D eigenvalue weighted by Gasteiger charge is 2.14. The second kappa shape index (κ2) is 3.74. The monoisotopic (exact) mass is 215 g/mol. The molecule has 2 aromatic heterocycles. The molecule has 0 radical (unpaired) electrons. The molecular weight excluding hydrogens is 198 g/mol. The maximum atomic E-state index is 4.38. The molecule has 0 unspecified atom stereocenters. The largest absolute Gasteiger partial charge is 0.275 e. The number of pyridine rings is 1. The second-order valence-corrected chi connectivity index (χ2v) is 5.08. The quantitative estimate of drug-likeness (QED) is 0.732. The SMILES string of the molecule is Cn1cc(-c2cc(C(C)(C)C)ccn2)cn1. The van der Waals surface area contributed by atoms with E-state index in [9.17, 15) is 0 Å². The molecule has 2 heterocycles. The Labute approximate surface area is 96.1 Å². The van der Waals surface area contributed by atoms with Crippen LogP contribution in [0.1, 0.15) is 26.3 Å². The molecule has 0 aliphatic rings. The Morgan fingerprint density at radius 1 is 1.25 bits per heavy atom. The van der Waals surface area contributed by atoms with Crippen molar-refractivity contribution in [1.82, 2.24) is 14.8 Å². The highest BCUT2D eigenvalue weighted by Crippen LogP contribution is 2.25. The number of aryl methyl sites for hydroxylation is 1. The third-order valence-electron chi connectivity index (χ3n) is 2.63. The minimum atomic E-state index is 0.153. The van der Waals surface area contributed by atoms with Gasteiger partial charge in [0.25, 0.3) is 0 Å². The first-order valence-corrected chi connectivity index (χ1v) is 5.42. The molecule has 0 amide bonds. The van der Waals surface area contributed by atoms with Crippen LogP contribution in [0.5, 0.6) is 0 Å². The molecule has 0 saturated carbocycles. The van der Waals surface area contributed by atoms with Crippen LogP contribution >= 0.6 is 0 Å². The third kappa shape index (κ3) is 2.13. The van der Waals surface area contributed by atoms with Crippen LogP contribution in [0.25, 0.3) is 11.3 Å². The number of hydrogen-bond acceptors (Lipinski definition) is 2. The molecule has 3 nitrogen and oxygen atoms in total. The summed E-state index contributed by atoms with van der Waals surface area (Å²) < 4.78 is 1.79. The van der Waals surface area contributed by atoms with Crippen LogP contribution in [-0.4, -0.2) is 14.8 Å². The number of rotatable bonds is 1. The molecule has 0 atom stereocenters. The van der Waals surface area contributed by atoms with E-state index >= 15 is 0 Å². The molecule has 2 rings (SSSR count). The van der Waals surface area contributed by atoms with Crippen molar-refractivity contribution < 1.29 is 0 Å². The van der Waals surface area contributed by atoms with Gasteiger partial charge in [0, 0.05) is 25.0 Å². The second-order valence-electron chi connectivity index (χ2n) is 5.08. The van der Waals surface area contributed by atoms with Gasteiger partial charge < -0.3 is 0 Å². The normalized spacial score (nSPS) is 11.8. The van der Waals surface area contributed by atoms with E-state index in [0.29, 0.717) is 0 Å². The Morgan fingerprint density at radius 2 is 2.00 bits per heavy atom. The van der Waals surface area contributed by atoms with Crippen LogP contribution in [0.3, 0.4) is 0 Å². The molecule has 0 N–H and O–H groups in total. The van der Waals surface area contributed by atoms with Crippen molar-refractivity contribution in [2.75, 3.05) is 0 Å². The van der Waals surface area contributed by atoms with E-state index in [4.69, 9.17) is 0 Å². The van der Waals surface area contributed by atoms with Gasteiger partial charge in [0.2, 0.25) is 0 Å². The van der Waals surface area contributed by atoms with Crippen molar-refractivity contribution in [3.05, 3.63) is 36.3 Å². The van der Waals surface area contributed by atoms with E-state index in [2.05, 4.69) is 43.0 Å². The summed E-state index contributed by atoms with van der Waals surface area (Å²) in [5, 5.41) is 4.16. The van der Waals surface area contributed by atoms with Crippen LogP contribution in [0, 0.1) is 0 Å². The molecule has 0 aliphatic carbocycles. The van der Waals surface area contributed by atoms with Gasteiger partial charge in [-0.1, -0.05) is 20.8 Å². The van der Waals surface area contributed by atoms with E-state index in [1.165, 1.54) is 5.56 Å². The molecule has 0 saturated heterocycles. The van der Waals surface area contributed by atoms with Gasteiger partial charge >= 0.3 is 0 Å². The summed E-state index contributed by atoms with van der Waals surface area (Å²) in [6.07, 6.45) is 5.69. The van der Waals surface area contributed by atoms with Crippen molar-refractivity contribution in [2.24, 2.45) is 7.05 Å². The van der Waals surface area contributed by atoms with Crippen LogP contribution in [0.2, 0.25) is 0 Å². The van der Waals surface area contributed by atoms with Crippen molar-refractivity contribution >= 4 is 0 Å². The molecule has 84 valence electrons. The Balaban J connectivity index is 2.44. The van der Waals surface area contributed by atoms with Gasteiger partial charge in [-0.05, 0) is 23.1 Å². The molecular formula is C13H17N3. The highest BCUT2D eigenvalue weighted by molar-refractivity contribution is 5.58. The zero-order valence-corrected chi connectivity index (χ0v) is 10.2. The average Bonchev–Trinajstić information content (AvgIpc) is 2.64. The maximum absolute atomic E-state index is 4.38. The van der Waals surface area contributed by atoms with Gasteiger partial charge in [-0.2, -0.15) is 5.10 Å². The lowest BCUT2D eigenvalue weighted by atomic mass is 9.87. The average molecular weight is 215 g/mol. The van der Waals surface area contributed by atoms with Crippen LogP contribution in [0.4, 0.5) is 0 Å². The first-order chi connectivity index (χ1) is 7.47. The van der Waals surface area contributed by atoms with Gasteiger partial charge in [0.1, 0.15) is 0 Å². The summed E-state index contributed by atoms with van der Waals surface area (Å²) in [6.45, 7) is 6.61. The third-order valence-corrected chi connectivity index (χ3v) is 2.63. The summed E-state index contributed by atoms with van der Waals surface area (Å²) in [7, 11) is 1.91. The van der Waals surface area contributed by atoms with E-state index in [1.807, 2.05) is 25.6 Å². The molecule has 16 heavy (non-hydrogen) atoms. The van der Waals surface area contributed by atoms with Gasteiger partial charge in [-0.15, -0.1) is 0 Å². The first-order valence-electron chi connectivity index (χ1n) is 5.42. The zero-order chi connectivity index (χ0) is 11.8. The fourth-order valence-corrected chi connectivity index (χ4v) is 1.61. The lowest BCUT2D eigenvalue weighted by Gasteiger charge is -2.19. The minimum Gasteiger partial charge on any atom is -0.275 e. The van der Waals surface area contributed by atoms with Gasteiger partial charge in [0.05, 0.1) is 11.9 Å². The molecule has 3 heteroatoms. The predicted octanol–water partition coefficient (Wildman–Crippen LogP) is 2.78. The van der Waals surface area contributed by atoms with Crippen molar-refractivity contribution in [1.29, 1.82) is 0 Å². The Kier molecular flexibility index (Phi) is 2.54. The summed E-state index contributed by atoms with van der Waals surface area (Å²) >= 11 is 0. The lowest BCUT2D eigenvalue weighted by Crippen LogP contribution is -2.11. The predicted molar refractivity (Wildman–Crippen MR) is 65.1 cm³/mol. The molecule has 0 bridgehead atoms. The van der Waals surface area contributed by atoms with Crippen LogP contribution in [-0.2, 0) is 12.5 Å². The van der Waals surface area contributed by atoms with E-state index < -0.39 is 0 Å². The van der Waals surface area contributed by atoms with Crippen molar-refractivity contribution in [3.63, 3.8) is 0 Å².